The van der Waals surface area contributed by atoms with Crippen LogP contribution in [0.15, 0.2) is 44.7 Å². The predicted molar refractivity (Wildman–Crippen MR) is 86.3 cm³/mol. The first kappa shape index (κ1) is 14.3. The zero-order valence-corrected chi connectivity index (χ0v) is 14.1. The molecule has 1 atom stereocenters. The van der Waals surface area contributed by atoms with E-state index in [9.17, 15) is 0 Å². The summed E-state index contributed by atoms with van der Waals surface area (Å²) in [5, 5.41) is 5.69. The summed E-state index contributed by atoms with van der Waals surface area (Å²) in [6, 6.07) is 11.1. The van der Waals surface area contributed by atoms with Gasteiger partial charge in [-0.1, -0.05) is 35.0 Å². The number of halogens is 2. The van der Waals surface area contributed by atoms with E-state index >= 15 is 0 Å². The fraction of sp³-hybridized carbons (Fsp3) is 0.286. The van der Waals surface area contributed by atoms with E-state index in [2.05, 4.69) is 79.8 Å². The van der Waals surface area contributed by atoms with E-state index in [1.165, 1.54) is 14.9 Å². The minimum absolute atomic E-state index is 0.389. The van der Waals surface area contributed by atoms with E-state index in [0.29, 0.717) is 6.04 Å². The van der Waals surface area contributed by atoms with Crippen molar-refractivity contribution in [2.75, 3.05) is 6.54 Å². The Labute approximate surface area is 129 Å². The zero-order valence-electron chi connectivity index (χ0n) is 10.1. The van der Waals surface area contributed by atoms with Gasteiger partial charge in [-0.05, 0) is 52.7 Å². The first-order valence-electron chi connectivity index (χ1n) is 5.90. The van der Waals surface area contributed by atoms with Crippen LogP contribution in [0.5, 0.6) is 0 Å². The van der Waals surface area contributed by atoms with Crippen LogP contribution in [0, 0.1) is 0 Å². The van der Waals surface area contributed by atoms with Gasteiger partial charge in [-0.25, -0.2) is 0 Å². The number of thiophene rings is 1. The average molecular weight is 389 g/mol. The highest BCUT2D eigenvalue weighted by atomic mass is 79.9. The molecule has 0 saturated heterocycles. The van der Waals surface area contributed by atoms with Gasteiger partial charge in [-0.3, -0.25) is 0 Å². The summed E-state index contributed by atoms with van der Waals surface area (Å²) in [6.07, 6.45) is 1.01. The summed E-state index contributed by atoms with van der Waals surface area (Å²) in [7, 11) is 0. The van der Waals surface area contributed by atoms with Crippen molar-refractivity contribution >= 4 is 43.2 Å². The molecule has 0 aliphatic rings. The van der Waals surface area contributed by atoms with Crippen LogP contribution in [-0.2, 0) is 6.42 Å². The van der Waals surface area contributed by atoms with Gasteiger partial charge in [0, 0.05) is 25.2 Å². The second-order valence-electron chi connectivity index (χ2n) is 4.11. The van der Waals surface area contributed by atoms with Gasteiger partial charge in [0.1, 0.15) is 0 Å². The molecule has 1 heterocycles. The Kier molecular flexibility index (Phi) is 5.42. The third kappa shape index (κ3) is 3.92. The van der Waals surface area contributed by atoms with Crippen molar-refractivity contribution in [2.45, 2.75) is 19.4 Å². The second kappa shape index (κ2) is 6.85. The van der Waals surface area contributed by atoms with Gasteiger partial charge in [-0.2, -0.15) is 0 Å². The van der Waals surface area contributed by atoms with Gasteiger partial charge in [0.05, 0.1) is 0 Å². The molecule has 0 fully saturated rings. The third-order valence-corrected chi connectivity index (χ3v) is 5.01. The van der Waals surface area contributed by atoms with Crippen molar-refractivity contribution in [3.05, 3.63) is 55.1 Å². The third-order valence-electron chi connectivity index (χ3n) is 2.71. The topological polar surface area (TPSA) is 12.0 Å². The molecule has 18 heavy (non-hydrogen) atoms. The monoisotopic (exact) mass is 387 g/mol. The van der Waals surface area contributed by atoms with Crippen LogP contribution in [-0.4, -0.2) is 6.54 Å². The summed E-state index contributed by atoms with van der Waals surface area (Å²) in [5.41, 5.74) is 1.35. The van der Waals surface area contributed by atoms with Gasteiger partial charge in [-0.15, -0.1) is 11.3 Å². The van der Waals surface area contributed by atoms with Crippen molar-refractivity contribution in [1.82, 2.24) is 5.32 Å². The molecular weight excluding hydrogens is 374 g/mol. The Morgan fingerprint density at radius 1 is 1.22 bits per heavy atom. The molecule has 1 aromatic heterocycles. The fourth-order valence-corrected chi connectivity index (χ4v) is 3.90. The smallest absolute Gasteiger partial charge is 0.0456 e. The molecule has 1 N–H and O–H groups in total. The molecule has 4 heteroatoms. The Morgan fingerprint density at radius 2 is 2.06 bits per heavy atom. The SMILES string of the molecule is CCNC(Cc1cccc(Br)c1)c1cc(Br)cs1. The first-order valence-corrected chi connectivity index (χ1v) is 8.37. The Balaban J connectivity index is 2.16. The number of hydrogen-bond donors (Lipinski definition) is 1. The standard InChI is InChI=1S/C14H15Br2NS/c1-2-17-13(14-8-12(16)9-18-14)7-10-4-3-5-11(15)6-10/h3-6,8-9,13,17H,2,7H2,1H3. The van der Waals surface area contributed by atoms with Crippen molar-refractivity contribution in [1.29, 1.82) is 0 Å². The minimum Gasteiger partial charge on any atom is -0.309 e. The van der Waals surface area contributed by atoms with E-state index in [-0.39, 0.29) is 0 Å². The molecule has 0 aliphatic carbocycles. The van der Waals surface area contributed by atoms with Crippen LogP contribution in [0.1, 0.15) is 23.4 Å². The van der Waals surface area contributed by atoms with Crippen molar-refractivity contribution in [3.8, 4) is 0 Å². The number of hydrogen-bond acceptors (Lipinski definition) is 2. The van der Waals surface area contributed by atoms with Gasteiger partial charge >= 0.3 is 0 Å². The molecule has 1 nitrogen and oxygen atoms in total. The Hall–Kier alpha value is -0.160. The molecule has 1 aromatic carbocycles. The molecule has 0 spiro atoms. The summed E-state index contributed by atoms with van der Waals surface area (Å²) in [5.74, 6) is 0. The number of nitrogens with one attached hydrogen (secondary N) is 1. The molecule has 0 radical (unpaired) electrons. The summed E-state index contributed by atoms with van der Waals surface area (Å²) >= 11 is 8.85. The Morgan fingerprint density at radius 3 is 2.67 bits per heavy atom. The highest BCUT2D eigenvalue weighted by molar-refractivity contribution is 9.10. The molecule has 2 aromatic rings. The van der Waals surface area contributed by atoms with Crippen LogP contribution in [0.25, 0.3) is 0 Å². The van der Waals surface area contributed by atoms with E-state index in [1.54, 1.807) is 11.3 Å². The molecular formula is C14H15Br2NS. The maximum atomic E-state index is 3.55. The largest absolute Gasteiger partial charge is 0.309 e. The Bertz CT molecular complexity index is 510. The maximum Gasteiger partial charge on any atom is 0.0456 e. The van der Waals surface area contributed by atoms with E-state index in [1.807, 2.05) is 0 Å². The lowest BCUT2D eigenvalue weighted by Gasteiger charge is -2.16. The normalized spacial score (nSPS) is 12.6. The lowest BCUT2D eigenvalue weighted by atomic mass is 10.0. The maximum absolute atomic E-state index is 3.55. The van der Waals surface area contributed by atoms with Crippen LogP contribution >= 0.6 is 43.2 Å². The second-order valence-corrected chi connectivity index (χ2v) is 6.89. The average Bonchev–Trinajstić information content (AvgIpc) is 2.75. The highest BCUT2D eigenvalue weighted by Crippen LogP contribution is 2.28. The lowest BCUT2D eigenvalue weighted by molar-refractivity contribution is 0.558. The molecule has 2 rings (SSSR count). The van der Waals surface area contributed by atoms with E-state index < -0.39 is 0 Å². The van der Waals surface area contributed by atoms with Crippen molar-refractivity contribution in [3.63, 3.8) is 0 Å². The fourth-order valence-electron chi connectivity index (χ4n) is 1.93. The molecule has 0 saturated carbocycles. The van der Waals surface area contributed by atoms with Crippen LogP contribution in [0.3, 0.4) is 0 Å². The van der Waals surface area contributed by atoms with Crippen LogP contribution in [0.2, 0.25) is 0 Å². The summed E-state index contributed by atoms with van der Waals surface area (Å²) in [4.78, 5) is 1.38. The van der Waals surface area contributed by atoms with Gasteiger partial charge in [0.25, 0.3) is 0 Å². The van der Waals surface area contributed by atoms with Crippen LogP contribution < -0.4 is 5.32 Å². The van der Waals surface area contributed by atoms with Gasteiger partial charge in [0.15, 0.2) is 0 Å². The molecule has 0 bridgehead atoms. The molecule has 96 valence electrons. The lowest BCUT2D eigenvalue weighted by Crippen LogP contribution is -2.22. The van der Waals surface area contributed by atoms with Gasteiger partial charge in [0.2, 0.25) is 0 Å². The van der Waals surface area contributed by atoms with Crippen molar-refractivity contribution in [2.24, 2.45) is 0 Å². The number of rotatable bonds is 5. The molecule has 1 unspecified atom stereocenters. The summed E-state index contributed by atoms with van der Waals surface area (Å²) < 4.78 is 2.31. The molecule has 0 amide bonds. The highest BCUT2D eigenvalue weighted by Gasteiger charge is 2.13. The predicted octanol–water partition coefficient (Wildman–Crippen LogP) is 5.17. The zero-order chi connectivity index (χ0) is 13.0. The van der Waals surface area contributed by atoms with Gasteiger partial charge < -0.3 is 5.32 Å². The molecule has 0 aliphatic heterocycles. The van der Waals surface area contributed by atoms with Crippen LogP contribution in [0.4, 0.5) is 0 Å². The van der Waals surface area contributed by atoms with Crippen molar-refractivity contribution < 1.29 is 0 Å². The number of benzene rings is 1. The minimum atomic E-state index is 0.389. The quantitative estimate of drug-likeness (QED) is 0.745. The van der Waals surface area contributed by atoms with E-state index in [4.69, 9.17) is 0 Å². The van der Waals surface area contributed by atoms with E-state index in [0.717, 1.165) is 17.4 Å². The number of likely N-dealkylation sites (N-methyl/N-ethyl adjacent to an activating group) is 1. The summed E-state index contributed by atoms with van der Waals surface area (Å²) in [6.45, 7) is 3.13. The first-order chi connectivity index (χ1) is 8.69.